The Morgan fingerprint density at radius 2 is 1.90 bits per heavy atom. The third kappa shape index (κ3) is 2.74. The zero-order valence-electron chi connectivity index (χ0n) is 11.4. The number of likely N-dealkylation sites (tertiary alicyclic amines) is 1. The van der Waals surface area contributed by atoms with E-state index in [0.717, 1.165) is 0 Å². The topological polar surface area (TPSA) is 89.4 Å². The summed E-state index contributed by atoms with van der Waals surface area (Å²) in [5.41, 5.74) is 11.6. The average molecular weight is 279 g/mol. The van der Waals surface area contributed by atoms with Crippen LogP contribution in [-0.4, -0.2) is 29.8 Å². The quantitative estimate of drug-likeness (QED) is 0.793. The molecule has 20 heavy (non-hydrogen) atoms. The summed E-state index contributed by atoms with van der Waals surface area (Å²) in [5.74, 6) is -1.48. The van der Waals surface area contributed by atoms with E-state index in [1.165, 1.54) is 17.0 Å². The van der Waals surface area contributed by atoms with E-state index in [1.54, 1.807) is 6.92 Å². The van der Waals surface area contributed by atoms with Crippen molar-refractivity contribution in [3.05, 3.63) is 29.1 Å². The van der Waals surface area contributed by atoms with Crippen molar-refractivity contribution >= 4 is 17.5 Å². The molecule has 1 aliphatic rings. The lowest BCUT2D eigenvalue weighted by molar-refractivity contribution is -0.123. The van der Waals surface area contributed by atoms with Crippen molar-refractivity contribution in [2.45, 2.75) is 19.8 Å². The van der Waals surface area contributed by atoms with E-state index in [9.17, 15) is 14.0 Å². The van der Waals surface area contributed by atoms with E-state index in [4.69, 9.17) is 11.5 Å². The largest absolute Gasteiger partial charge is 0.399 e. The fourth-order valence-electron chi connectivity index (χ4n) is 2.49. The van der Waals surface area contributed by atoms with Crippen molar-refractivity contribution in [2.24, 2.45) is 11.7 Å². The van der Waals surface area contributed by atoms with Gasteiger partial charge in [0.25, 0.3) is 5.91 Å². The van der Waals surface area contributed by atoms with Crippen LogP contribution in [0.15, 0.2) is 12.1 Å². The molecule has 1 aromatic rings. The summed E-state index contributed by atoms with van der Waals surface area (Å²) in [6.45, 7) is 2.38. The van der Waals surface area contributed by atoms with Crippen molar-refractivity contribution in [1.29, 1.82) is 0 Å². The summed E-state index contributed by atoms with van der Waals surface area (Å²) in [7, 11) is 0. The maximum atomic E-state index is 14.0. The molecule has 1 saturated heterocycles. The first kappa shape index (κ1) is 14.3. The van der Waals surface area contributed by atoms with Crippen LogP contribution >= 0.6 is 0 Å². The molecule has 0 spiro atoms. The van der Waals surface area contributed by atoms with E-state index >= 15 is 0 Å². The third-order valence-electron chi connectivity index (χ3n) is 3.69. The molecule has 5 nitrogen and oxygen atoms in total. The molecule has 1 aliphatic heterocycles. The van der Waals surface area contributed by atoms with Gasteiger partial charge in [-0.1, -0.05) is 0 Å². The highest BCUT2D eigenvalue weighted by molar-refractivity contribution is 5.95. The summed E-state index contributed by atoms with van der Waals surface area (Å²) < 4.78 is 14.0. The zero-order valence-corrected chi connectivity index (χ0v) is 11.4. The number of nitrogen functional groups attached to an aromatic ring is 1. The SMILES string of the molecule is Cc1cc(N)cc(C(=O)N2CCC(C(N)=O)CC2)c1F. The molecule has 1 fully saturated rings. The lowest BCUT2D eigenvalue weighted by Gasteiger charge is -2.30. The van der Waals surface area contributed by atoms with Crippen LogP contribution in [0.5, 0.6) is 0 Å². The van der Waals surface area contributed by atoms with Crippen LogP contribution in [0, 0.1) is 18.7 Å². The van der Waals surface area contributed by atoms with E-state index < -0.39 is 5.82 Å². The second-order valence-electron chi connectivity index (χ2n) is 5.17. The lowest BCUT2D eigenvalue weighted by Crippen LogP contribution is -2.42. The Balaban J connectivity index is 2.15. The monoisotopic (exact) mass is 279 g/mol. The number of hydrogen-bond acceptors (Lipinski definition) is 3. The maximum Gasteiger partial charge on any atom is 0.256 e. The van der Waals surface area contributed by atoms with Crippen molar-refractivity contribution in [3.8, 4) is 0 Å². The molecule has 0 saturated carbocycles. The summed E-state index contributed by atoms with van der Waals surface area (Å²) in [6, 6.07) is 2.84. The molecule has 6 heteroatoms. The molecule has 2 amide bonds. The minimum Gasteiger partial charge on any atom is -0.399 e. The van der Waals surface area contributed by atoms with Gasteiger partial charge in [-0.05, 0) is 37.5 Å². The number of aryl methyl sites for hydroxylation is 1. The first-order chi connectivity index (χ1) is 9.40. The highest BCUT2D eigenvalue weighted by atomic mass is 19.1. The van der Waals surface area contributed by atoms with E-state index in [-0.39, 0.29) is 23.3 Å². The average Bonchev–Trinajstić information content (AvgIpc) is 2.42. The number of carbonyl (C=O) groups excluding carboxylic acids is 2. The van der Waals surface area contributed by atoms with Gasteiger partial charge in [-0.15, -0.1) is 0 Å². The fraction of sp³-hybridized carbons (Fsp3) is 0.429. The third-order valence-corrected chi connectivity index (χ3v) is 3.69. The molecule has 0 radical (unpaired) electrons. The standard InChI is InChI=1S/C14H18FN3O2/c1-8-6-10(16)7-11(12(8)15)14(20)18-4-2-9(3-5-18)13(17)19/h6-7,9H,2-5,16H2,1H3,(H2,17,19). The number of amides is 2. The van der Waals surface area contributed by atoms with Crippen LogP contribution in [-0.2, 0) is 4.79 Å². The summed E-state index contributed by atoms with van der Waals surface area (Å²) in [5, 5.41) is 0. The van der Waals surface area contributed by atoms with Gasteiger partial charge in [0, 0.05) is 24.7 Å². The number of anilines is 1. The van der Waals surface area contributed by atoms with Gasteiger partial charge in [0.15, 0.2) is 0 Å². The minimum absolute atomic E-state index is 0.0139. The van der Waals surface area contributed by atoms with Crippen molar-refractivity contribution in [2.75, 3.05) is 18.8 Å². The van der Waals surface area contributed by atoms with E-state index in [0.29, 0.717) is 37.2 Å². The number of primary amides is 1. The molecule has 0 atom stereocenters. The molecule has 0 unspecified atom stereocenters. The van der Waals surface area contributed by atoms with Gasteiger partial charge in [0.1, 0.15) is 5.82 Å². The maximum absolute atomic E-state index is 14.0. The number of benzene rings is 1. The predicted molar refractivity (Wildman–Crippen MR) is 73.4 cm³/mol. The first-order valence-corrected chi connectivity index (χ1v) is 6.54. The highest BCUT2D eigenvalue weighted by Gasteiger charge is 2.28. The molecule has 0 aliphatic carbocycles. The summed E-state index contributed by atoms with van der Waals surface area (Å²) >= 11 is 0. The highest BCUT2D eigenvalue weighted by Crippen LogP contribution is 2.22. The molecule has 2 rings (SSSR count). The van der Waals surface area contributed by atoms with Gasteiger partial charge >= 0.3 is 0 Å². The molecule has 1 aromatic carbocycles. The molecular weight excluding hydrogens is 261 g/mol. The number of nitrogens with zero attached hydrogens (tertiary/aromatic N) is 1. The lowest BCUT2D eigenvalue weighted by atomic mass is 9.95. The van der Waals surface area contributed by atoms with Crippen molar-refractivity contribution in [1.82, 2.24) is 4.90 Å². The Kier molecular flexibility index (Phi) is 3.92. The van der Waals surface area contributed by atoms with E-state index in [2.05, 4.69) is 0 Å². The normalized spacial score (nSPS) is 16.2. The van der Waals surface area contributed by atoms with Gasteiger partial charge in [-0.2, -0.15) is 0 Å². The van der Waals surface area contributed by atoms with Gasteiger partial charge in [-0.3, -0.25) is 9.59 Å². The Hall–Kier alpha value is -2.11. The van der Waals surface area contributed by atoms with Gasteiger partial charge in [0.05, 0.1) is 5.56 Å². The molecule has 108 valence electrons. The predicted octanol–water partition coefficient (Wildman–Crippen LogP) is 1.05. The second-order valence-corrected chi connectivity index (χ2v) is 5.17. The molecule has 4 N–H and O–H groups in total. The molecule has 0 bridgehead atoms. The van der Waals surface area contributed by atoms with Crippen molar-refractivity contribution < 1.29 is 14.0 Å². The number of halogens is 1. The molecule has 1 heterocycles. The van der Waals surface area contributed by atoms with Crippen LogP contribution < -0.4 is 11.5 Å². The molecule has 0 aromatic heterocycles. The number of rotatable bonds is 2. The van der Waals surface area contributed by atoms with E-state index in [1.807, 2.05) is 0 Å². The smallest absolute Gasteiger partial charge is 0.256 e. The Morgan fingerprint density at radius 3 is 2.45 bits per heavy atom. The van der Waals surface area contributed by atoms with Crippen LogP contribution in [0.1, 0.15) is 28.8 Å². The van der Waals surface area contributed by atoms with Crippen molar-refractivity contribution in [3.63, 3.8) is 0 Å². The van der Waals surface area contributed by atoms with Crippen LogP contribution in [0.4, 0.5) is 10.1 Å². The summed E-state index contributed by atoms with van der Waals surface area (Å²) in [6.07, 6.45) is 1.04. The van der Waals surface area contributed by atoms with Crippen LogP contribution in [0.25, 0.3) is 0 Å². The van der Waals surface area contributed by atoms with Crippen LogP contribution in [0.2, 0.25) is 0 Å². The second kappa shape index (κ2) is 5.48. The van der Waals surface area contributed by atoms with Gasteiger partial charge in [0.2, 0.25) is 5.91 Å². The number of hydrogen-bond donors (Lipinski definition) is 2. The Labute approximate surface area is 116 Å². The fourth-order valence-corrected chi connectivity index (χ4v) is 2.49. The Bertz CT molecular complexity index is 552. The number of carbonyl (C=O) groups is 2. The number of nitrogens with two attached hydrogens (primary N) is 2. The van der Waals surface area contributed by atoms with Crippen LogP contribution in [0.3, 0.4) is 0 Å². The van der Waals surface area contributed by atoms with Gasteiger partial charge < -0.3 is 16.4 Å². The summed E-state index contributed by atoms with van der Waals surface area (Å²) in [4.78, 5) is 24.9. The minimum atomic E-state index is -0.541. The Morgan fingerprint density at radius 1 is 1.30 bits per heavy atom. The molecular formula is C14H18FN3O2. The first-order valence-electron chi connectivity index (χ1n) is 6.54. The zero-order chi connectivity index (χ0) is 14.9. The number of piperidine rings is 1. The van der Waals surface area contributed by atoms with Gasteiger partial charge in [-0.25, -0.2) is 4.39 Å².